The van der Waals surface area contributed by atoms with Gasteiger partial charge in [0.2, 0.25) is 0 Å². The lowest BCUT2D eigenvalue weighted by Gasteiger charge is -2.19. The van der Waals surface area contributed by atoms with Crippen LogP contribution in [-0.4, -0.2) is 21.6 Å². The lowest BCUT2D eigenvalue weighted by atomic mass is 10.1. The molecular formula is C18H23N3O2. The van der Waals surface area contributed by atoms with Crippen LogP contribution in [0.3, 0.4) is 0 Å². The minimum absolute atomic E-state index is 0.154. The van der Waals surface area contributed by atoms with E-state index >= 15 is 0 Å². The van der Waals surface area contributed by atoms with Gasteiger partial charge in [-0.15, -0.1) is 0 Å². The monoisotopic (exact) mass is 313 g/mol. The molecule has 1 aromatic carbocycles. The fourth-order valence-electron chi connectivity index (χ4n) is 2.82. The Balaban J connectivity index is 1.68. The fraction of sp³-hybridized carbons (Fsp3) is 0.444. The van der Waals surface area contributed by atoms with E-state index in [9.17, 15) is 4.79 Å². The Morgan fingerprint density at radius 2 is 2.17 bits per heavy atom. The van der Waals surface area contributed by atoms with Gasteiger partial charge in [-0.2, -0.15) is 0 Å². The maximum absolute atomic E-state index is 12.4. The van der Waals surface area contributed by atoms with E-state index in [0.29, 0.717) is 0 Å². The van der Waals surface area contributed by atoms with Gasteiger partial charge in [0.1, 0.15) is 17.4 Å². The van der Waals surface area contributed by atoms with Crippen LogP contribution in [0.1, 0.15) is 36.7 Å². The van der Waals surface area contributed by atoms with E-state index in [1.54, 1.807) is 13.1 Å². The summed E-state index contributed by atoms with van der Waals surface area (Å²) in [6.07, 6.45) is 4.44. The first kappa shape index (κ1) is 15.6. The van der Waals surface area contributed by atoms with Gasteiger partial charge in [0, 0.05) is 13.0 Å². The number of hydrogen-bond donors (Lipinski definition) is 1. The quantitative estimate of drug-likeness (QED) is 0.942. The van der Waals surface area contributed by atoms with Crippen LogP contribution in [-0.2, 0) is 17.8 Å². The molecule has 122 valence electrons. The highest BCUT2D eigenvalue weighted by atomic mass is 16.5. The number of nitrogens with one attached hydrogen (secondary N) is 1. The van der Waals surface area contributed by atoms with Crippen LogP contribution in [0.15, 0.2) is 24.4 Å². The van der Waals surface area contributed by atoms with Gasteiger partial charge < -0.3 is 14.6 Å². The molecule has 1 aliphatic rings. The average Bonchev–Trinajstić information content (AvgIpc) is 2.94. The average molecular weight is 313 g/mol. The Morgan fingerprint density at radius 1 is 1.35 bits per heavy atom. The number of aromatic nitrogens is 2. The third-order valence-corrected chi connectivity index (χ3v) is 4.24. The number of anilines is 1. The highest BCUT2D eigenvalue weighted by Gasteiger charge is 2.20. The van der Waals surface area contributed by atoms with Gasteiger partial charge in [0.15, 0.2) is 6.10 Å². The molecule has 0 radical (unpaired) electrons. The molecule has 1 aliphatic heterocycles. The molecule has 0 spiro atoms. The van der Waals surface area contributed by atoms with Gasteiger partial charge >= 0.3 is 0 Å². The maximum Gasteiger partial charge on any atom is 0.266 e. The van der Waals surface area contributed by atoms with Crippen LogP contribution < -0.4 is 10.1 Å². The smallest absolute Gasteiger partial charge is 0.266 e. The Kier molecular flexibility index (Phi) is 4.37. The van der Waals surface area contributed by atoms with Gasteiger partial charge in [-0.25, -0.2) is 4.98 Å². The SMILES string of the molecule is Cc1ccc(C)c(O[C@H](C)C(=O)Nc2cnc3n2CCCC3)c1. The minimum Gasteiger partial charge on any atom is -0.481 e. The molecule has 0 fully saturated rings. The van der Waals surface area contributed by atoms with Crippen molar-refractivity contribution in [3.63, 3.8) is 0 Å². The number of carbonyl (C=O) groups is 1. The number of nitrogens with zero attached hydrogens (tertiary/aromatic N) is 2. The van der Waals surface area contributed by atoms with Crippen LogP contribution in [0.25, 0.3) is 0 Å². The number of hydrogen-bond acceptors (Lipinski definition) is 3. The summed E-state index contributed by atoms with van der Waals surface area (Å²) in [6, 6.07) is 5.99. The van der Waals surface area contributed by atoms with Crippen molar-refractivity contribution < 1.29 is 9.53 Å². The first-order chi connectivity index (χ1) is 11.0. The first-order valence-electron chi connectivity index (χ1n) is 8.14. The van der Waals surface area contributed by atoms with E-state index in [-0.39, 0.29) is 5.91 Å². The van der Waals surface area contributed by atoms with Crippen LogP contribution in [0, 0.1) is 13.8 Å². The van der Waals surface area contributed by atoms with E-state index in [0.717, 1.165) is 54.3 Å². The first-order valence-corrected chi connectivity index (χ1v) is 8.14. The second kappa shape index (κ2) is 6.44. The van der Waals surface area contributed by atoms with E-state index < -0.39 is 6.10 Å². The molecule has 1 N–H and O–H groups in total. The molecule has 23 heavy (non-hydrogen) atoms. The molecule has 5 heteroatoms. The molecule has 5 nitrogen and oxygen atoms in total. The number of amides is 1. The van der Waals surface area contributed by atoms with Crippen molar-refractivity contribution in [3.8, 4) is 5.75 Å². The largest absolute Gasteiger partial charge is 0.481 e. The molecule has 0 unspecified atom stereocenters. The van der Waals surface area contributed by atoms with Gasteiger partial charge in [-0.3, -0.25) is 4.79 Å². The van der Waals surface area contributed by atoms with Gasteiger partial charge in [0.25, 0.3) is 5.91 Å². The summed E-state index contributed by atoms with van der Waals surface area (Å²) < 4.78 is 7.93. The topological polar surface area (TPSA) is 56.1 Å². The third kappa shape index (κ3) is 3.38. The normalized spacial score (nSPS) is 14.9. The van der Waals surface area contributed by atoms with Crippen molar-refractivity contribution >= 4 is 11.7 Å². The molecule has 1 atom stereocenters. The molecule has 2 heterocycles. The fourth-order valence-corrected chi connectivity index (χ4v) is 2.82. The highest BCUT2D eigenvalue weighted by Crippen LogP contribution is 2.22. The Morgan fingerprint density at radius 3 is 3.00 bits per heavy atom. The number of ether oxygens (including phenoxy) is 1. The number of carbonyl (C=O) groups excluding carboxylic acids is 1. The van der Waals surface area contributed by atoms with E-state index in [4.69, 9.17) is 4.74 Å². The van der Waals surface area contributed by atoms with Crippen LogP contribution >= 0.6 is 0 Å². The summed E-state index contributed by atoms with van der Waals surface area (Å²) in [5.41, 5.74) is 2.14. The zero-order chi connectivity index (χ0) is 16.4. The third-order valence-electron chi connectivity index (χ3n) is 4.24. The zero-order valence-electron chi connectivity index (χ0n) is 13.9. The van der Waals surface area contributed by atoms with E-state index in [1.165, 1.54) is 0 Å². The number of imidazole rings is 1. The van der Waals surface area contributed by atoms with Gasteiger partial charge in [0.05, 0.1) is 6.20 Å². The zero-order valence-corrected chi connectivity index (χ0v) is 13.9. The number of aryl methyl sites for hydroxylation is 3. The standard InChI is InChI=1S/C18H23N3O2/c1-12-7-8-13(2)15(10-12)23-14(3)18(22)20-17-11-19-16-6-4-5-9-21(16)17/h7-8,10-11,14H,4-6,9H2,1-3H3,(H,20,22)/t14-/m1/s1. The number of rotatable bonds is 4. The molecule has 2 aromatic rings. The molecule has 1 aromatic heterocycles. The molecule has 0 saturated carbocycles. The second-order valence-electron chi connectivity index (χ2n) is 6.19. The van der Waals surface area contributed by atoms with E-state index in [2.05, 4.69) is 14.9 Å². The van der Waals surface area contributed by atoms with Crippen LogP contribution in [0.4, 0.5) is 5.82 Å². The molecule has 0 saturated heterocycles. The number of fused-ring (bicyclic) bond motifs is 1. The van der Waals surface area contributed by atoms with Crippen molar-refractivity contribution in [2.24, 2.45) is 0 Å². The van der Waals surface area contributed by atoms with E-state index in [1.807, 2.05) is 32.0 Å². The summed E-state index contributed by atoms with van der Waals surface area (Å²) in [5, 5.41) is 2.94. The second-order valence-corrected chi connectivity index (χ2v) is 6.19. The van der Waals surface area contributed by atoms with Crippen LogP contribution in [0.2, 0.25) is 0 Å². The summed E-state index contributed by atoms with van der Waals surface area (Å²) in [4.78, 5) is 16.8. The van der Waals surface area contributed by atoms with Crippen molar-refractivity contribution in [1.29, 1.82) is 0 Å². The predicted molar refractivity (Wildman–Crippen MR) is 89.8 cm³/mol. The molecule has 3 rings (SSSR count). The Labute approximate surface area is 136 Å². The molecule has 0 aliphatic carbocycles. The van der Waals surface area contributed by atoms with Crippen molar-refractivity contribution in [3.05, 3.63) is 41.3 Å². The summed E-state index contributed by atoms with van der Waals surface area (Å²) >= 11 is 0. The van der Waals surface area contributed by atoms with Crippen molar-refractivity contribution in [2.45, 2.75) is 52.7 Å². The summed E-state index contributed by atoms with van der Waals surface area (Å²) in [6.45, 7) is 6.67. The lowest BCUT2D eigenvalue weighted by molar-refractivity contribution is -0.122. The molecule has 1 amide bonds. The van der Waals surface area contributed by atoms with Crippen LogP contribution in [0.5, 0.6) is 5.75 Å². The predicted octanol–water partition coefficient (Wildman–Crippen LogP) is 3.24. The summed E-state index contributed by atoms with van der Waals surface area (Å²) in [7, 11) is 0. The Hall–Kier alpha value is -2.30. The van der Waals surface area contributed by atoms with Gasteiger partial charge in [-0.05, 0) is 50.8 Å². The van der Waals surface area contributed by atoms with Crippen molar-refractivity contribution in [2.75, 3.05) is 5.32 Å². The highest BCUT2D eigenvalue weighted by molar-refractivity contribution is 5.93. The molecule has 0 bridgehead atoms. The number of benzene rings is 1. The lowest BCUT2D eigenvalue weighted by Crippen LogP contribution is -2.31. The van der Waals surface area contributed by atoms with Crippen molar-refractivity contribution in [1.82, 2.24) is 9.55 Å². The maximum atomic E-state index is 12.4. The minimum atomic E-state index is -0.565. The Bertz CT molecular complexity index is 721. The molecular weight excluding hydrogens is 290 g/mol. The van der Waals surface area contributed by atoms with Gasteiger partial charge in [-0.1, -0.05) is 12.1 Å². The summed E-state index contributed by atoms with van der Waals surface area (Å²) in [5.74, 6) is 2.41.